The summed E-state index contributed by atoms with van der Waals surface area (Å²) in [5, 5.41) is 11.8. The molecule has 0 radical (unpaired) electrons. The van der Waals surface area contributed by atoms with Crippen molar-refractivity contribution in [2.45, 2.75) is 18.9 Å². The molecule has 0 bridgehead atoms. The Morgan fingerprint density at radius 1 is 1.67 bits per heavy atom. The van der Waals surface area contributed by atoms with Crippen LogP contribution in [0.25, 0.3) is 0 Å². The van der Waals surface area contributed by atoms with Crippen molar-refractivity contribution in [3.8, 4) is 5.75 Å². The molecule has 0 saturated heterocycles. The summed E-state index contributed by atoms with van der Waals surface area (Å²) in [6.07, 6.45) is 3.57. The van der Waals surface area contributed by atoms with Crippen LogP contribution >= 0.6 is 0 Å². The Morgan fingerprint density at radius 2 is 2.40 bits per heavy atom. The molecular weight excluding hydrogens is 196 g/mol. The number of aromatic carboxylic acids is 1. The van der Waals surface area contributed by atoms with Gasteiger partial charge in [-0.3, -0.25) is 0 Å². The lowest BCUT2D eigenvalue weighted by molar-refractivity contribution is 0.0685. The average molecular weight is 208 g/mol. The van der Waals surface area contributed by atoms with E-state index in [-0.39, 0.29) is 11.8 Å². The first-order chi connectivity index (χ1) is 7.22. The third kappa shape index (κ3) is 2.01. The third-order valence-electron chi connectivity index (χ3n) is 2.19. The highest BCUT2D eigenvalue weighted by Crippen LogP contribution is 2.33. The molecule has 0 aromatic carbocycles. The molecule has 2 N–H and O–H groups in total. The zero-order chi connectivity index (χ0) is 10.8. The van der Waals surface area contributed by atoms with E-state index in [4.69, 9.17) is 9.84 Å². The Labute approximate surface area is 87.1 Å². The molecule has 0 atom stereocenters. The van der Waals surface area contributed by atoms with Gasteiger partial charge in [-0.15, -0.1) is 0 Å². The standard InChI is InChI=1S/C10H12N2O3/c1-11-7-4-5-12-8(10(13)14)9(7)15-6-2-3-6/h4-6H,2-3H2,1H3,(H,11,12)(H,13,14). The Bertz CT molecular complexity index is 388. The lowest BCUT2D eigenvalue weighted by Gasteiger charge is -2.11. The third-order valence-corrected chi connectivity index (χ3v) is 2.19. The Morgan fingerprint density at radius 3 is 2.93 bits per heavy atom. The highest BCUT2D eigenvalue weighted by Gasteiger charge is 2.27. The summed E-state index contributed by atoms with van der Waals surface area (Å²) in [4.78, 5) is 14.7. The minimum Gasteiger partial charge on any atom is -0.486 e. The van der Waals surface area contributed by atoms with Crippen LogP contribution in [0.1, 0.15) is 23.3 Å². The van der Waals surface area contributed by atoms with E-state index >= 15 is 0 Å². The first-order valence-electron chi connectivity index (χ1n) is 4.79. The van der Waals surface area contributed by atoms with Crippen molar-refractivity contribution in [1.82, 2.24) is 4.98 Å². The first kappa shape index (κ1) is 9.76. The maximum absolute atomic E-state index is 10.9. The molecule has 2 rings (SSSR count). The van der Waals surface area contributed by atoms with Gasteiger partial charge in [-0.1, -0.05) is 0 Å². The highest BCUT2D eigenvalue weighted by molar-refractivity contribution is 5.91. The molecule has 0 unspecified atom stereocenters. The summed E-state index contributed by atoms with van der Waals surface area (Å²) in [6.45, 7) is 0. The molecule has 1 aromatic heterocycles. The normalized spacial score (nSPS) is 14.7. The van der Waals surface area contributed by atoms with E-state index < -0.39 is 5.97 Å². The fourth-order valence-electron chi connectivity index (χ4n) is 1.27. The van der Waals surface area contributed by atoms with Gasteiger partial charge < -0.3 is 15.2 Å². The largest absolute Gasteiger partial charge is 0.486 e. The number of hydrogen-bond acceptors (Lipinski definition) is 4. The Hall–Kier alpha value is -1.78. The summed E-state index contributed by atoms with van der Waals surface area (Å²) >= 11 is 0. The van der Waals surface area contributed by atoms with Crippen molar-refractivity contribution in [1.29, 1.82) is 0 Å². The minimum atomic E-state index is -1.07. The number of anilines is 1. The number of aromatic nitrogens is 1. The van der Waals surface area contributed by atoms with Crippen LogP contribution in [0, 0.1) is 0 Å². The number of pyridine rings is 1. The van der Waals surface area contributed by atoms with E-state index in [2.05, 4.69) is 10.3 Å². The second-order valence-electron chi connectivity index (χ2n) is 3.41. The van der Waals surface area contributed by atoms with Gasteiger partial charge in [0.2, 0.25) is 0 Å². The van der Waals surface area contributed by atoms with Crippen LogP contribution in [0.3, 0.4) is 0 Å². The molecule has 5 nitrogen and oxygen atoms in total. The molecular formula is C10H12N2O3. The topological polar surface area (TPSA) is 71.5 Å². The van der Waals surface area contributed by atoms with Gasteiger partial charge in [0.05, 0.1) is 11.8 Å². The molecule has 1 aliphatic carbocycles. The number of nitrogens with zero attached hydrogens (tertiary/aromatic N) is 1. The van der Waals surface area contributed by atoms with E-state index in [9.17, 15) is 4.79 Å². The molecule has 1 heterocycles. The van der Waals surface area contributed by atoms with Gasteiger partial charge in [0.15, 0.2) is 11.4 Å². The zero-order valence-electron chi connectivity index (χ0n) is 8.36. The molecule has 0 amide bonds. The van der Waals surface area contributed by atoms with E-state index in [1.807, 2.05) is 0 Å². The molecule has 1 saturated carbocycles. The van der Waals surface area contributed by atoms with Gasteiger partial charge in [-0.25, -0.2) is 9.78 Å². The van der Waals surface area contributed by atoms with E-state index in [0.717, 1.165) is 12.8 Å². The average Bonchev–Trinajstić information content (AvgIpc) is 3.01. The van der Waals surface area contributed by atoms with Crippen LogP contribution < -0.4 is 10.1 Å². The number of carboxylic acid groups (broad SMARTS) is 1. The Balaban J connectivity index is 2.38. The smallest absolute Gasteiger partial charge is 0.358 e. The van der Waals surface area contributed by atoms with Crippen LogP contribution in [0.15, 0.2) is 12.3 Å². The fourth-order valence-corrected chi connectivity index (χ4v) is 1.27. The molecule has 15 heavy (non-hydrogen) atoms. The van der Waals surface area contributed by atoms with E-state index in [0.29, 0.717) is 11.4 Å². The monoisotopic (exact) mass is 208 g/mol. The van der Waals surface area contributed by atoms with Gasteiger partial charge in [-0.2, -0.15) is 0 Å². The second kappa shape index (κ2) is 3.76. The maximum atomic E-state index is 10.9. The van der Waals surface area contributed by atoms with Gasteiger partial charge >= 0.3 is 5.97 Å². The van der Waals surface area contributed by atoms with Crippen molar-refractivity contribution >= 4 is 11.7 Å². The van der Waals surface area contributed by atoms with Crippen LogP contribution in [0.4, 0.5) is 5.69 Å². The lowest BCUT2D eigenvalue weighted by atomic mass is 10.3. The molecule has 80 valence electrons. The summed E-state index contributed by atoms with van der Waals surface area (Å²) in [5.74, 6) is -0.724. The SMILES string of the molecule is CNc1ccnc(C(=O)O)c1OC1CC1. The van der Waals surface area contributed by atoms with Crippen molar-refractivity contribution in [2.24, 2.45) is 0 Å². The minimum absolute atomic E-state index is 0.0336. The van der Waals surface area contributed by atoms with Crippen molar-refractivity contribution in [3.63, 3.8) is 0 Å². The quantitative estimate of drug-likeness (QED) is 0.781. The maximum Gasteiger partial charge on any atom is 0.358 e. The van der Waals surface area contributed by atoms with Crippen LogP contribution in [0.2, 0.25) is 0 Å². The van der Waals surface area contributed by atoms with Crippen molar-refractivity contribution in [2.75, 3.05) is 12.4 Å². The molecule has 0 spiro atoms. The van der Waals surface area contributed by atoms with Crippen LogP contribution in [-0.2, 0) is 0 Å². The summed E-state index contributed by atoms with van der Waals surface area (Å²) in [6, 6.07) is 1.70. The second-order valence-corrected chi connectivity index (χ2v) is 3.41. The van der Waals surface area contributed by atoms with Gasteiger partial charge in [0.25, 0.3) is 0 Å². The van der Waals surface area contributed by atoms with Crippen molar-refractivity contribution in [3.05, 3.63) is 18.0 Å². The molecule has 5 heteroatoms. The van der Waals surface area contributed by atoms with Gasteiger partial charge in [-0.05, 0) is 18.9 Å². The molecule has 1 fully saturated rings. The van der Waals surface area contributed by atoms with Crippen molar-refractivity contribution < 1.29 is 14.6 Å². The van der Waals surface area contributed by atoms with Gasteiger partial charge in [0.1, 0.15) is 0 Å². The summed E-state index contributed by atoms with van der Waals surface area (Å²) in [5.41, 5.74) is 0.628. The first-order valence-corrected chi connectivity index (χ1v) is 4.79. The highest BCUT2D eigenvalue weighted by atomic mass is 16.5. The van der Waals surface area contributed by atoms with Crippen LogP contribution in [0.5, 0.6) is 5.75 Å². The summed E-state index contributed by atoms with van der Waals surface area (Å²) < 4.78 is 5.53. The van der Waals surface area contributed by atoms with Gasteiger partial charge in [0, 0.05) is 13.2 Å². The Kier molecular flexibility index (Phi) is 2.45. The number of ether oxygens (including phenoxy) is 1. The zero-order valence-corrected chi connectivity index (χ0v) is 8.36. The predicted octanol–water partition coefficient (Wildman–Crippen LogP) is 1.36. The molecule has 0 aliphatic heterocycles. The number of hydrogen-bond donors (Lipinski definition) is 2. The molecule has 1 aliphatic rings. The fraction of sp³-hybridized carbons (Fsp3) is 0.400. The number of carboxylic acids is 1. The predicted molar refractivity (Wildman–Crippen MR) is 54.4 cm³/mol. The summed E-state index contributed by atoms with van der Waals surface area (Å²) in [7, 11) is 1.72. The van der Waals surface area contributed by atoms with E-state index in [1.54, 1.807) is 13.1 Å². The van der Waals surface area contributed by atoms with E-state index in [1.165, 1.54) is 6.20 Å². The lowest BCUT2D eigenvalue weighted by Crippen LogP contribution is -2.09. The number of rotatable bonds is 4. The number of nitrogens with one attached hydrogen (secondary N) is 1. The number of carbonyl (C=O) groups is 1. The molecule has 1 aromatic rings. The van der Waals surface area contributed by atoms with Crippen LogP contribution in [-0.4, -0.2) is 29.2 Å².